The summed E-state index contributed by atoms with van der Waals surface area (Å²) in [5, 5.41) is 9.28. The molecule has 2 aromatic carbocycles. The zero-order valence-corrected chi connectivity index (χ0v) is 33.7. The predicted molar refractivity (Wildman–Crippen MR) is 204 cm³/mol. The minimum absolute atomic E-state index is 0.107. The first kappa shape index (κ1) is 44.5. The van der Waals surface area contributed by atoms with Gasteiger partial charge < -0.3 is 5.32 Å². The maximum Gasteiger partial charge on any atom is 0.433 e. The molecular weight excluding hydrogens is 923 g/mol. The van der Waals surface area contributed by atoms with E-state index in [1.165, 1.54) is 0 Å². The van der Waals surface area contributed by atoms with Gasteiger partial charge in [0.15, 0.2) is 5.82 Å². The normalized spacial score (nSPS) is 17.2. The molecule has 0 bridgehead atoms. The van der Waals surface area contributed by atoms with Crippen molar-refractivity contribution < 1.29 is 61.5 Å². The Labute approximate surface area is 356 Å². The average Bonchev–Trinajstić information content (AvgIpc) is 3.71. The highest BCUT2D eigenvalue weighted by atomic mass is 35.5. The zero-order valence-electron chi connectivity index (χ0n) is 32.1. The molecule has 0 radical (unpaired) electrons. The summed E-state index contributed by atoms with van der Waals surface area (Å²) in [5.41, 5.74) is -7.43. The molecule has 2 aliphatic rings. The monoisotopic (exact) mass is 949 g/mol. The SMILES string of the molecule is CS(=O)(=O)Nc1nn(CC(F)F)c2c(-n3c([C@H](Cc4cc(F)cc(F)c4)NC(=O)Cn4nc(C(F)F)c5c4C(F)(F)[C@@H]4C[C@H]54)nc(-c4cccc(C(F)(F)F)n4)cc3=O)ccc(Cl)c12. The average molecular weight is 950 g/mol. The lowest BCUT2D eigenvalue weighted by Crippen LogP contribution is -2.38. The first-order valence-corrected chi connectivity index (χ1v) is 20.8. The van der Waals surface area contributed by atoms with Gasteiger partial charge in [-0.2, -0.15) is 32.1 Å². The summed E-state index contributed by atoms with van der Waals surface area (Å²) in [5.74, 6) is -10.9. The number of rotatable bonds is 13. The summed E-state index contributed by atoms with van der Waals surface area (Å²) in [7, 11) is -4.20. The molecule has 6 aromatic rings. The van der Waals surface area contributed by atoms with E-state index >= 15 is 8.78 Å². The van der Waals surface area contributed by atoms with Crippen molar-refractivity contribution in [1.29, 1.82) is 0 Å². The molecule has 0 aliphatic heterocycles. The van der Waals surface area contributed by atoms with Gasteiger partial charge in [-0.25, -0.2) is 44.7 Å². The van der Waals surface area contributed by atoms with Gasteiger partial charge in [0.05, 0.1) is 45.3 Å². The summed E-state index contributed by atoms with van der Waals surface area (Å²) in [6.45, 7) is -2.45. The van der Waals surface area contributed by atoms with E-state index in [-0.39, 0.29) is 22.4 Å². The first-order valence-electron chi connectivity index (χ1n) is 18.6. The van der Waals surface area contributed by atoms with Crippen molar-refractivity contribution in [3.8, 4) is 17.1 Å². The van der Waals surface area contributed by atoms with E-state index in [2.05, 4.69) is 25.5 Å². The highest BCUT2D eigenvalue weighted by Gasteiger charge is 2.67. The molecule has 0 saturated heterocycles. The van der Waals surface area contributed by atoms with E-state index in [0.29, 0.717) is 38.4 Å². The van der Waals surface area contributed by atoms with Crippen molar-refractivity contribution in [2.45, 2.75) is 62.8 Å². The Morgan fingerprint density at radius 2 is 1.67 bits per heavy atom. The number of carbonyl (C=O) groups is 1. The summed E-state index contributed by atoms with van der Waals surface area (Å²) in [4.78, 5) is 36.5. The van der Waals surface area contributed by atoms with E-state index < -0.39 is 152 Å². The summed E-state index contributed by atoms with van der Waals surface area (Å²) < 4.78 is 186. The molecule has 26 heteroatoms. The lowest BCUT2D eigenvalue weighted by Gasteiger charge is -2.24. The summed E-state index contributed by atoms with van der Waals surface area (Å²) in [6, 6.07) is 5.50. The fraction of sp³-hybridized carbons (Fsp3) is 0.316. The number of aromatic nitrogens is 7. The molecular formula is C38H27ClF11N9O4S. The number of fused-ring (bicyclic) bond motifs is 4. The quantitative estimate of drug-likeness (QED) is 0.112. The molecule has 2 aliphatic carbocycles. The van der Waals surface area contributed by atoms with Crippen LogP contribution in [0.3, 0.4) is 0 Å². The van der Waals surface area contributed by atoms with Crippen LogP contribution in [0.15, 0.2) is 59.4 Å². The Balaban J connectivity index is 1.36. The van der Waals surface area contributed by atoms with Crippen molar-refractivity contribution in [2.24, 2.45) is 5.92 Å². The Hall–Kier alpha value is -6.11. The molecule has 64 heavy (non-hydrogen) atoms. The predicted octanol–water partition coefficient (Wildman–Crippen LogP) is 7.67. The number of nitrogens with zero attached hydrogens (tertiary/aromatic N) is 7. The van der Waals surface area contributed by atoms with Crippen LogP contribution in [-0.4, -0.2) is 61.1 Å². The molecule has 3 atom stereocenters. The number of amides is 1. The lowest BCUT2D eigenvalue weighted by atomic mass is 10.0. The van der Waals surface area contributed by atoms with Crippen molar-refractivity contribution in [1.82, 2.24) is 39.4 Å². The van der Waals surface area contributed by atoms with E-state index in [9.17, 15) is 57.5 Å². The third-order valence-electron chi connectivity index (χ3n) is 10.4. The van der Waals surface area contributed by atoms with E-state index in [0.717, 1.165) is 36.4 Å². The van der Waals surface area contributed by atoms with Crippen LogP contribution in [-0.2, 0) is 46.4 Å². The standard InChI is InChI=1S/C38H27ClF11N9O4S/c1-64(62,63)56-35-30-20(39)5-6-24(32(30)57(55-35)13-26(42)43)59-28(61)12-22(21-3-2-4-25(51-21)38(48,49)50)53-36(59)23(9-15-7-16(40)10-17(41)8-15)52-27(60)14-58-33-29(31(54-58)34(44)45)18-11-19(18)37(33,46)47/h2-8,10,12,18-19,23,26,34H,9,11,13-14H2,1H3,(H,52,60)(H,55,56)/t18-,19+,23-/m0/s1. The third kappa shape index (κ3) is 8.36. The molecule has 0 spiro atoms. The fourth-order valence-electron chi connectivity index (χ4n) is 7.92. The van der Waals surface area contributed by atoms with Crippen LogP contribution in [0.2, 0.25) is 5.02 Å². The minimum atomic E-state index is -5.02. The minimum Gasteiger partial charge on any atom is -0.344 e. The van der Waals surface area contributed by atoms with Gasteiger partial charge in [0.1, 0.15) is 47.6 Å². The molecule has 1 amide bonds. The van der Waals surface area contributed by atoms with Gasteiger partial charge >= 0.3 is 6.18 Å². The van der Waals surface area contributed by atoms with Crippen LogP contribution in [0.1, 0.15) is 58.8 Å². The summed E-state index contributed by atoms with van der Waals surface area (Å²) >= 11 is 6.46. The second-order valence-electron chi connectivity index (χ2n) is 14.9. The zero-order chi connectivity index (χ0) is 46.4. The van der Waals surface area contributed by atoms with Gasteiger partial charge in [0, 0.05) is 30.0 Å². The fourth-order valence-corrected chi connectivity index (χ4v) is 8.66. The lowest BCUT2D eigenvalue weighted by molar-refractivity contribution is -0.141. The largest absolute Gasteiger partial charge is 0.433 e. The number of hydrogen-bond donors (Lipinski definition) is 2. The van der Waals surface area contributed by atoms with Crippen molar-refractivity contribution in [3.63, 3.8) is 0 Å². The Kier molecular flexibility index (Phi) is 11.0. The number of anilines is 1. The molecule has 4 aromatic heterocycles. The van der Waals surface area contributed by atoms with Gasteiger partial charge in [-0.3, -0.25) is 28.2 Å². The molecule has 13 nitrogen and oxygen atoms in total. The van der Waals surface area contributed by atoms with Crippen molar-refractivity contribution in [2.75, 3.05) is 11.0 Å². The van der Waals surface area contributed by atoms with Gasteiger partial charge in [0.25, 0.3) is 24.3 Å². The highest BCUT2D eigenvalue weighted by molar-refractivity contribution is 7.92. The summed E-state index contributed by atoms with van der Waals surface area (Å²) in [6.07, 6.45) is -11.7. The molecule has 1 fully saturated rings. The number of benzene rings is 2. The van der Waals surface area contributed by atoms with Gasteiger partial charge in [-0.15, -0.1) is 0 Å². The number of hydrogen-bond acceptors (Lipinski definition) is 8. The van der Waals surface area contributed by atoms with Crippen LogP contribution in [0.25, 0.3) is 28.0 Å². The van der Waals surface area contributed by atoms with E-state index in [1.807, 2.05) is 4.72 Å². The topological polar surface area (TPSA) is 159 Å². The van der Waals surface area contributed by atoms with E-state index in [4.69, 9.17) is 11.6 Å². The number of nitrogens with one attached hydrogen (secondary N) is 2. The number of alkyl halides is 9. The molecule has 2 N–H and O–H groups in total. The molecule has 0 unspecified atom stereocenters. The Morgan fingerprint density at radius 3 is 2.31 bits per heavy atom. The first-order chi connectivity index (χ1) is 29.9. The second-order valence-corrected chi connectivity index (χ2v) is 17.1. The van der Waals surface area contributed by atoms with Crippen LogP contribution in [0, 0.1) is 17.6 Å². The number of sulfonamides is 1. The molecule has 4 heterocycles. The van der Waals surface area contributed by atoms with Crippen molar-refractivity contribution >= 4 is 44.3 Å². The number of halogens is 12. The Bertz CT molecular complexity index is 3030. The van der Waals surface area contributed by atoms with Crippen LogP contribution >= 0.6 is 11.6 Å². The van der Waals surface area contributed by atoms with Gasteiger partial charge in [-0.1, -0.05) is 17.7 Å². The number of carbonyl (C=O) groups excluding carboxylic acids is 1. The molecule has 1 saturated carbocycles. The smallest absolute Gasteiger partial charge is 0.344 e. The second kappa shape index (κ2) is 15.8. The molecule has 8 rings (SSSR count). The van der Waals surface area contributed by atoms with Crippen LogP contribution in [0.5, 0.6) is 0 Å². The van der Waals surface area contributed by atoms with Gasteiger partial charge in [-0.05, 0) is 54.3 Å². The van der Waals surface area contributed by atoms with Crippen molar-refractivity contribution in [3.05, 3.63) is 116 Å². The van der Waals surface area contributed by atoms with Crippen LogP contribution in [0.4, 0.5) is 54.1 Å². The van der Waals surface area contributed by atoms with E-state index in [1.54, 1.807) is 0 Å². The highest BCUT2D eigenvalue weighted by Crippen LogP contribution is 2.68. The maximum absolute atomic E-state index is 15.5. The molecule has 338 valence electrons. The third-order valence-corrected chi connectivity index (χ3v) is 11.3. The van der Waals surface area contributed by atoms with Gasteiger partial charge in [0.2, 0.25) is 15.9 Å². The maximum atomic E-state index is 15.5. The Morgan fingerprint density at radius 1 is 0.969 bits per heavy atom. The van der Waals surface area contributed by atoms with Crippen LogP contribution < -0.4 is 15.6 Å². The number of pyridine rings is 1.